The second-order valence-corrected chi connectivity index (χ2v) is 4.16. The van der Waals surface area contributed by atoms with Gasteiger partial charge in [0.05, 0.1) is 40.5 Å². The minimum Gasteiger partial charge on any atom is -0.318 e. The maximum atomic E-state index is 6.14. The van der Waals surface area contributed by atoms with Crippen molar-refractivity contribution in [3.8, 4) is 0 Å². The SMILES string of the molecule is CCn1ncc(Cl)c1C(N)c1cnc(C)cn1. The Balaban J connectivity index is 2.39. The van der Waals surface area contributed by atoms with E-state index in [4.69, 9.17) is 17.3 Å². The van der Waals surface area contributed by atoms with Gasteiger partial charge in [0.2, 0.25) is 0 Å². The molecule has 0 aliphatic rings. The minimum atomic E-state index is -0.405. The monoisotopic (exact) mass is 251 g/mol. The molecule has 2 aromatic heterocycles. The fourth-order valence-electron chi connectivity index (χ4n) is 1.64. The predicted molar refractivity (Wildman–Crippen MR) is 65.7 cm³/mol. The summed E-state index contributed by atoms with van der Waals surface area (Å²) >= 11 is 6.09. The molecule has 17 heavy (non-hydrogen) atoms. The molecule has 0 aliphatic carbocycles. The Kier molecular flexibility index (Phi) is 3.40. The Morgan fingerprint density at radius 1 is 1.35 bits per heavy atom. The van der Waals surface area contributed by atoms with Crippen LogP contribution in [0.3, 0.4) is 0 Å². The highest BCUT2D eigenvalue weighted by atomic mass is 35.5. The zero-order valence-corrected chi connectivity index (χ0v) is 10.5. The van der Waals surface area contributed by atoms with Crippen molar-refractivity contribution in [1.82, 2.24) is 19.7 Å². The molecule has 6 heteroatoms. The lowest BCUT2D eigenvalue weighted by Gasteiger charge is -2.13. The molecule has 0 radical (unpaired) electrons. The number of rotatable bonds is 3. The normalized spacial score (nSPS) is 12.7. The Hall–Kier alpha value is -1.46. The van der Waals surface area contributed by atoms with Crippen molar-refractivity contribution in [1.29, 1.82) is 0 Å². The molecule has 0 aliphatic heterocycles. The van der Waals surface area contributed by atoms with Crippen molar-refractivity contribution < 1.29 is 0 Å². The van der Waals surface area contributed by atoms with E-state index in [0.29, 0.717) is 10.7 Å². The molecule has 5 nitrogen and oxygen atoms in total. The molecule has 0 amide bonds. The molecule has 1 unspecified atom stereocenters. The van der Waals surface area contributed by atoms with E-state index in [1.165, 1.54) is 0 Å². The molecule has 0 aromatic carbocycles. The van der Waals surface area contributed by atoms with Crippen LogP contribution in [0.1, 0.15) is 30.0 Å². The van der Waals surface area contributed by atoms with Crippen molar-refractivity contribution in [3.63, 3.8) is 0 Å². The molecule has 1 atom stereocenters. The molecule has 2 rings (SSSR count). The lowest BCUT2D eigenvalue weighted by molar-refractivity contribution is 0.595. The Morgan fingerprint density at radius 2 is 2.12 bits per heavy atom. The van der Waals surface area contributed by atoms with Crippen molar-refractivity contribution >= 4 is 11.6 Å². The van der Waals surface area contributed by atoms with Crippen molar-refractivity contribution in [2.45, 2.75) is 26.4 Å². The fourth-order valence-corrected chi connectivity index (χ4v) is 1.90. The van der Waals surface area contributed by atoms with Gasteiger partial charge in [0, 0.05) is 12.7 Å². The van der Waals surface area contributed by atoms with Crippen LogP contribution in [0.4, 0.5) is 0 Å². The lowest BCUT2D eigenvalue weighted by Crippen LogP contribution is -2.19. The van der Waals surface area contributed by atoms with E-state index in [1.54, 1.807) is 23.3 Å². The molecule has 0 fully saturated rings. The van der Waals surface area contributed by atoms with Gasteiger partial charge >= 0.3 is 0 Å². The fraction of sp³-hybridized carbons (Fsp3) is 0.364. The zero-order valence-electron chi connectivity index (χ0n) is 9.76. The number of nitrogens with two attached hydrogens (primary N) is 1. The Morgan fingerprint density at radius 3 is 2.71 bits per heavy atom. The Bertz CT molecular complexity index is 505. The van der Waals surface area contributed by atoms with Crippen LogP contribution in [-0.4, -0.2) is 19.7 Å². The molecular weight excluding hydrogens is 238 g/mol. The third-order valence-electron chi connectivity index (χ3n) is 2.55. The van der Waals surface area contributed by atoms with E-state index in [0.717, 1.165) is 17.9 Å². The molecule has 2 N–H and O–H groups in total. The van der Waals surface area contributed by atoms with Crippen LogP contribution in [-0.2, 0) is 6.54 Å². The van der Waals surface area contributed by atoms with Crippen LogP contribution in [0.5, 0.6) is 0 Å². The van der Waals surface area contributed by atoms with E-state index < -0.39 is 6.04 Å². The highest BCUT2D eigenvalue weighted by Gasteiger charge is 2.19. The quantitative estimate of drug-likeness (QED) is 0.902. The van der Waals surface area contributed by atoms with Crippen LogP contribution in [0.15, 0.2) is 18.6 Å². The third-order valence-corrected chi connectivity index (χ3v) is 2.84. The first-order chi connectivity index (χ1) is 8.13. The zero-order chi connectivity index (χ0) is 12.4. The topological polar surface area (TPSA) is 69.6 Å². The number of aryl methyl sites for hydroxylation is 2. The predicted octanol–water partition coefficient (Wildman–Crippen LogP) is 1.70. The van der Waals surface area contributed by atoms with Gasteiger partial charge < -0.3 is 5.73 Å². The molecule has 0 bridgehead atoms. The van der Waals surface area contributed by atoms with Gasteiger partial charge in [-0.15, -0.1) is 0 Å². The summed E-state index contributed by atoms with van der Waals surface area (Å²) in [6.45, 7) is 4.58. The average molecular weight is 252 g/mol. The number of halogens is 1. The van der Waals surface area contributed by atoms with Crippen LogP contribution in [0.25, 0.3) is 0 Å². The number of aromatic nitrogens is 4. The number of hydrogen-bond donors (Lipinski definition) is 1. The van der Waals surface area contributed by atoms with E-state index in [-0.39, 0.29) is 0 Å². The summed E-state index contributed by atoms with van der Waals surface area (Å²) in [5, 5.41) is 4.71. The van der Waals surface area contributed by atoms with E-state index in [2.05, 4.69) is 15.1 Å². The standard InChI is InChI=1S/C11H14ClN5/c1-3-17-11(8(12)5-16-17)10(13)9-6-14-7(2)4-15-9/h4-6,10H,3,13H2,1-2H3. The first-order valence-electron chi connectivity index (χ1n) is 5.38. The van der Waals surface area contributed by atoms with Gasteiger partial charge in [-0.05, 0) is 13.8 Å². The maximum Gasteiger partial charge on any atom is 0.0927 e. The van der Waals surface area contributed by atoms with E-state index in [1.807, 2.05) is 13.8 Å². The van der Waals surface area contributed by atoms with Gasteiger partial charge in [0.25, 0.3) is 0 Å². The third kappa shape index (κ3) is 2.30. The summed E-state index contributed by atoms with van der Waals surface area (Å²) < 4.78 is 1.77. The second-order valence-electron chi connectivity index (χ2n) is 3.75. The van der Waals surface area contributed by atoms with E-state index in [9.17, 15) is 0 Å². The van der Waals surface area contributed by atoms with E-state index >= 15 is 0 Å². The summed E-state index contributed by atoms with van der Waals surface area (Å²) in [5.41, 5.74) is 8.46. The van der Waals surface area contributed by atoms with Crippen LogP contribution < -0.4 is 5.73 Å². The number of nitrogens with zero attached hydrogens (tertiary/aromatic N) is 4. The smallest absolute Gasteiger partial charge is 0.0927 e. The van der Waals surface area contributed by atoms with Crippen molar-refractivity contribution in [2.75, 3.05) is 0 Å². The van der Waals surface area contributed by atoms with Crippen LogP contribution in [0.2, 0.25) is 5.02 Å². The second kappa shape index (κ2) is 4.81. The lowest BCUT2D eigenvalue weighted by atomic mass is 10.1. The largest absolute Gasteiger partial charge is 0.318 e. The first-order valence-corrected chi connectivity index (χ1v) is 5.76. The molecule has 2 aromatic rings. The molecule has 0 saturated carbocycles. The van der Waals surface area contributed by atoms with Gasteiger partial charge in [0.15, 0.2) is 0 Å². The van der Waals surface area contributed by atoms with Gasteiger partial charge in [-0.3, -0.25) is 14.6 Å². The van der Waals surface area contributed by atoms with Crippen molar-refractivity contribution in [3.05, 3.63) is 40.7 Å². The molecule has 2 heterocycles. The van der Waals surface area contributed by atoms with Crippen LogP contribution in [0, 0.1) is 6.92 Å². The average Bonchev–Trinajstić information content (AvgIpc) is 2.70. The Labute approximate surface area is 105 Å². The summed E-state index contributed by atoms with van der Waals surface area (Å²) in [7, 11) is 0. The van der Waals surface area contributed by atoms with Crippen molar-refractivity contribution in [2.24, 2.45) is 5.73 Å². The highest BCUT2D eigenvalue weighted by molar-refractivity contribution is 6.31. The molecule has 0 saturated heterocycles. The van der Waals surface area contributed by atoms with Gasteiger partial charge in [-0.25, -0.2) is 0 Å². The number of hydrogen-bond acceptors (Lipinski definition) is 4. The molecule has 0 spiro atoms. The van der Waals surface area contributed by atoms with Gasteiger partial charge in [0.1, 0.15) is 0 Å². The molecular formula is C11H14ClN5. The van der Waals surface area contributed by atoms with Gasteiger partial charge in [-0.1, -0.05) is 11.6 Å². The van der Waals surface area contributed by atoms with Gasteiger partial charge in [-0.2, -0.15) is 5.10 Å². The maximum absolute atomic E-state index is 6.14. The summed E-state index contributed by atoms with van der Waals surface area (Å²) in [4.78, 5) is 8.44. The summed E-state index contributed by atoms with van der Waals surface area (Å²) in [5.74, 6) is 0. The summed E-state index contributed by atoms with van der Waals surface area (Å²) in [6, 6.07) is -0.405. The highest BCUT2D eigenvalue weighted by Crippen LogP contribution is 2.24. The first kappa shape index (κ1) is 12.0. The summed E-state index contributed by atoms with van der Waals surface area (Å²) in [6.07, 6.45) is 4.96. The minimum absolute atomic E-state index is 0.405. The van der Waals surface area contributed by atoms with Crippen LogP contribution >= 0.6 is 11.6 Å². The molecule has 90 valence electrons.